The summed E-state index contributed by atoms with van der Waals surface area (Å²) in [4.78, 5) is 31.6. The number of benzene rings is 2. The number of carbonyl (C=O) groups is 1. The lowest BCUT2D eigenvalue weighted by Gasteiger charge is -2.44. The third-order valence-electron chi connectivity index (χ3n) is 5.76. The fourth-order valence-corrected chi connectivity index (χ4v) is 5.45. The first-order chi connectivity index (χ1) is 15.0. The maximum Gasteiger partial charge on any atom is 0.317 e. The molecule has 0 amide bonds. The van der Waals surface area contributed by atoms with Crippen molar-refractivity contribution in [2.24, 2.45) is 10.9 Å². The van der Waals surface area contributed by atoms with E-state index in [1.807, 2.05) is 48.5 Å². The van der Waals surface area contributed by atoms with Gasteiger partial charge in [0.2, 0.25) is 5.72 Å². The third kappa shape index (κ3) is 2.90. The number of hydrogen-bond donors (Lipinski definition) is 0. The lowest BCUT2D eigenvalue weighted by Crippen LogP contribution is -2.58. The third-order valence-corrected chi connectivity index (χ3v) is 6.74. The minimum absolute atomic E-state index is 0.215. The summed E-state index contributed by atoms with van der Waals surface area (Å²) < 4.78 is 18.8. The van der Waals surface area contributed by atoms with Gasteiger partial charge in [0, 0.05) is 11.1 Å². The van der Waals surface area contributed by atoms with Gasteiger partial charge >= 0.3 is 5.97 Å². The standard InChI is InChI=1S/C23H20N2O5S/c1-23-18(21(27)29-3)19(14-9-5-7-11-16(14)30-23)25-20(26)17(31-22(25)24-23)12-13-8-4-6-10-15(13)28-2/h4-12,18-19H,1-3H3/b17-12-/t18-,19-,23+/m1/s1. The van der Waals surface area contributed by atoms with Crippen LogP contribution in [0.3, 0.4) is 0 Å². The Morgan fingerprint density at radius 2 is 1.94 bits per heavy atom. The van der Waals surface area contributed by atoms with Gasteiger partial charge in [-0.1, -0.05) is 47.7 Å². The molecule has 158 valence electrons. The SMILES string of the molecule is COC(=O)[C@H]1[C@H]2c3ccccc3O[C@]1(C)N=c1s/c(=C\c3ccccc3OC)c(=O)n12. The Balaban J connectivity index is 1.80. The number of hydrogen-bond acceptors (Lipinski definition) is 7. The van der Waals surface area contributed by atoms with Crippen LogP contribution < -0.4 is 24.4 Å². The zero-order chi connectivity index (χ0) is 21.8. The van der Waals surface area contributed by atoms with E-state index in [2.05, 4.69) is 0 Å². The summed E-state index contributed by atoms with van der Waals surface area (Å²) in [5.74, 6) is 0.0241. The molecule has 7 nitrogen and oxygen atoms in total. The highest BCUT2D eigenvalue weighted by Gasteiger charge is 2.55. The molecule has 3 atom stereocenters. The summed E-state index contributed by atoms with van der Waals surface area (Å²) in [6, 6.07) is 14.3. The van der Waals surface area contributed by atoms with Crippen molar-refractivity contribution in [3.8, 4) is 11.5 Å². The fourth-order valence-electron chi connectivity index (χ4n) is 4.36. The topological polar surface area (TPSA) is 79.1 Å². The Hall–Kier alpha value is -3.39. The number of aromatic nitrogens is 1. The maximum atomic E-state index is 13.5. The number of fused-ring (bicyclic) bond motifs is 6. The Morgan fingerprint density at radius 3 is 2.71 bits per heavy atom. The number of ether oxygens (including phenoxy) is 3. The molecule has 0 saturated carbocycles. The van der Waals surface area contributed by atoms with Crippen LogP contribution in [0.15, 0.2) is 58.3 Å². The summed E-state index contributed by atoms with van der Waals surface area (Å²) in [5.41, 5.74) is 0.157. The van der Waals surface area contributed by atoms with Gasteiger partial charge in [-0.05, 0) is 25.1 Å². The normalized spacial score (nSPS) is 23.8. The molecule has 1 aromatic heterocycles. The van der Waals surface area contributed by atoms with Crippen molar-refractivity contribution in [1.82, 2.24) is 4.57 Å². The summed E-state index contributed by atoms with van der Waals surface area (Å²) in [6.45, 7) is 1.76. The highest BCUT2D eigenvalue weighted by Crippen LogP contribution is 2.47. The summed E-state index contributed by atoms with van der Waals surface area (Å²) in [5, 5.41) is 0. The molecular formula is C23H20N2O5S. The van der Waals surface area contributed by atoms with E-state index in [1.165, 1.54) is 18.4 Å². The van der Waals surface area contributed by atoms with E-state index in [1.54, 1.807) is 24.7 Å². The van der Waals surface area contributed by atoms with Gasteiger partial charge in [0.25, 0.3) is 5.56 Å². The van der Waals surface area contributed by atoms with E-state index < -0.39 is 23.7 Å². The van der Waals surface area contributed by atoms with E-state index in [4.69, 9.17) is 19.2 Å². The van der Waals surface area contributed by atoms with Crippen LogP contribution in [0.4, 0.5) is 0 Å². The van der Waals surface area contributed by atoms with Gasteiger partial charge < -0.3 is 14.2 Å². The molecule has 0 fully saturated rings. The predicted molar refractivity (Wildman–Crippen MR) is 115 cm³/mol. The van der Waals surface area contributed by atoms with Crippen molar-refractivity contribution in [3.63, 3.8) is 0 Å². The van der Waals surface area contributed by atoms with Crippen molar-refractivity contribution >= 4 is 23.4 Å². The van der Waals surface area contributed by atoms with Crippen molar-refractivity contribution in [2.45, 2.75) is 18.7 Å². The van der Waals surface area contributed by atoms with E-state index >= 15 is 0 Å². The van der Waals surface area contributed by atoms with Gasteiger partial charge in [-0.3, -0.25) is 14.2 Å². The van der Waals surface area contributed by atoms with Crippen LogP contribution in [-0.4, -0.2) is 30.5 Å². The molecule has 8 heteroatoms. The minimum Gasteiger partial charge on any atom is -0.496 e. The molecule has 0 unspecified atom stereocenters. The Bertz CT molecular complexity index is 1380. The summed E-state index contributed by atoms with van der Waals surface area (Å²) in [7, 11) is 2.92. The lowest BCUT2D eigenvalue weighted by molar-refractivity contribution is -0.158. The van der Waals surface area contributed by atoms with Crippen LogP contribution in [-0.2, 0) is 9.53 Å². The molecule has 2 aromatic carbocycles. The van der Waals surface area contributed by atoms with Crippen molar-refractivity contribution in [2.75, 3.05) is 14.2 Å². The van der Waals surface area contributed by atoms with E-state index in [0.29, 0.717) is 20.8 Å². The van der Waals surface area contributed by atoms with Crippen LogP contribution in [0.25, 0.3) is 6.08 Å². The van der Waals surface area contributed by atoms with Gasteiger partial charge in [-0.2, -0.15) is 0 Å². The number of nitrogens with zero attached hydrogens (tertiary/aromatic N) is 2. The number of carbonyl (C=O) groups excluding carboxylic acids is 1. The Labute approximate surface area is 181 Å². The largest absolute Gasteiger partial charge is 0.496 e. The van der Waals surface area contributed by atoms with Gasteiger partial charge in [0.1, 0.15) is 17.4 Å². The van der Waals surface area contributed by atoms with Crippen LogP contribution in [0.2, 0.25) is 0 Å². The second-order valence-corrected chi connectivity index (χ2v) is 8.57. The van der Waals surface area contributed by atoms with Crippen LogP contribution in [0, 0.1) is 5.92 Å². The van der Waals surface area contributed by atoms with Gasteiger partial charge in [0.05, 0.1) is 24.8 Å². The minimum atomic E-state index is -1.18. The molecule has 2 bridgehead atoms. The first-order valence-corrected chi connectivity index (χ1v) is 10.6. The molecule has 3 aromatic rings. The summed E-state index contributed by atoms with van der Waals surface area (Å²) >= 11 is 1.27. The van der Waals surface area contributed by atoms with Gasteiger partial charge in [-0.15, -0.1) is 0 Å². The average Bonchev–Trinajstić information content (AvgIpc) is 3.06. The first-order valence-electron chi connectivity index (χ1n) is 9.78. The lowest BCUT2D eigenvalue weighted by atomic mass is 9.81. The molecule has 0 radical (unpaired) electrons. The Morgan fingerprint density at radius 1 is 1.19 bits per heavy atom. The molecule has 5 rings (SSSR count). The number of rotatable bonds is 3. The molecule has 0 aliphatic carbocycles. The molecular weight excluding hydrogens is 416 g/mol. The number of para-hydroxylation sites is 2. The molecule has 31 heavy (non-hydrogen) atoms. The van der Waals surface area contributed by atoms with Crippen molar-refractivity contribution in [3.05, 3.63) is 79.3 Å². The number of thiazole rings is 1. The number of esters is 1. The predicted octanol–water partition coefficient (Wildman–Crippen LogP) is 1.87. The monoisotopic (exact) mass is 436 g/mol. The van der Waals surface area contributed by atoms with Crippen LogP contribution >= 0.6 is 11.3 Å². The van der Waals surface area contributed by atoms with E-state index in [0.717, 1.165) is 11.1 Å². The molecule has 0 spiro atoms. The van der Waals surface area contributed by atoms with Gasteiger partial charge in [0.15, 0.2) is 4.80 Å². The first kappa shape index (κ1) is 19.6. The van der Waals surface area contributed by atoms with Crippen LogP contribution in [0.1, 0.15) is 24.1 Å². The molecule has 3 heterocycles. The maximum absolute atomic E-state index is 13.5. The molecule has 0 saturated heterocycles. The zero-order valence-electron chi connectivity index (χ0n) is 17.2. The highest BCUT2D eigenvalue weighted by molar-refractivity contribution is 7.07. The van der Waals surface area contributed by atoms with E-state index in [9.17, 15) is 9.59 Å². The molecule has 2 aliphatic rings. The van der Waals surface area contributed by atoms with E-state index in [-0.39, 0.29) is 5.56 Å². The Kier molecular flexibility index (Phi) is 4.48. The average molecular weight is 436 g/mol. The fraction of sp³-hybridized carbons (Fsp3) is 0.261. The smallest absolute Gasteiger partial charge is 0.317 e. The number of methoxy groups -OCH3 is 2. The molecule has 0 N–H and O–H groups in total. The second-order valence-electron chi connectivity index (χ2n) is 7.56. The summed E-state index contributed by atoms with van der Waals surface area (Å²) in [6.07, 6.45) is 1.79. The van der Waals surface area contributed by atoms with Crippen molar-refractivity contribution in [1.29, 1.82) is 0 Å². The molecule has 2 aliphatic heterocycles. The highest BCUT2D eigenvalue weighted by atomic mass is 32.1. The van der Waals surface area contributed by atoms with Gasteiger partial charge in [-0.25, -0.2) is 4.99 Å². The van der Waals surface area contributed by atoms with Crippen molar-refractivity contribution < 1.29 is 19.0 Å². The quantitative estimate of drug-likeness (QED) is 0.586. The second kappa shape index (κ2) is 7.09. The van der Waals surface area contributed by atoms with Crippen LogP contribution in [0.5, 0.6) is 11.5 Å². The zero-order valence-corrected chi connectivity index (χ0v) is 18.0.